The van der Waals surface area contributed by atoms with Crippen LogP contribution in [0.15, 0.2) is 4.76 Å². The summed E-state index contributed by atoms with van der Waals surface area (Å²) in [5.74, 6) is 0.158. The number of nitrogens with one attached hydrogen (secondary N) is 2. The normalized spacial score (nSPS) is 25.7. The Morgan fingerprint density at radius 1 is 1.02 bits per heavy atom. The molecule has 0 aromatic carbocycles. The second-order valence-corrected chi connectivity index (χ2v) is 15.7. The first-order chi connectivity index (χ1) is 22.4. The van der Waals surface area contributed by atoms with Crippen molar-refractivity contribution in [3.8, 4) is 0 Å². The Labute approximate surface area is 286 Å². The highest BCUT2D eigenvalue weighted by atomic mass is 31.2. The van der Waals surface area contributed by atoms with E-state index in [4.69, 9.17) is 18.5 Å². The SMILES string of the molecule is CCC(C)(C)OP(=O)(/N=C1\N(C)CCN1CCCCCCNC(=O)CCCCOC1OC(CO)C(O)C(O)C1NC(C)=O)OC(C)(C)C. The van der Waals surface area contributed by atoms with Crippen LogP contribution in [0.4, 0.5) is 0 Å². The molecule has 0 bridgehead atoms. The Morgan fingerprint density at radius 2 is 1.71 bits per heavy atom. The number of carbonyl (C=O) groups is 2. The number of nitrogens with zero attached hydrogens (tertiary/aromatic N) is 3. The average Bonchev–Trinajstić information content (AvgIpc) is 3.31. The molecule has 6 unspecified atom stereocenters. The zero-order valence-electron chi connectivity index (χ0n) is 30.3. The summed E-state index contributed by atoms with van der Waals surface area (Å²) in [6.07, 6.45) is 1.01. The van der Waals surface area contributed by atoms with E-state index in [1.54, 1.807) is 0 Å². The first-order valence-electron chi connectivity index (χ1n) is 17.3. The molecule has 6 atom stereocenters. The van der Waals surface area contributed by atoms with E-state index < -0.39 is 62.1 Å². The van der Waals surface area contributed by atoms with Crippen molar-refractivity contribution in [3.63, 3.8) is 0 Å². The molecule has 0 aliphatic carbocycles. The Kier molecular flexibility index (Phi) is 17.2. The summed E-state index contributed by atoms with van der Waals surface area (Å²) in [5, 5.41) is 35.3. The van der Waals surface area contributed by atoms with Crippen LogP contribution in [-0.2, 0) is 32.7 Å². The topological polar surface area (TPSA) is 192 Å². The molecule has 16 heteroatoms. The predicted octanol–water partition coefficient (Wildman–Crippen LogP) is 2.53. The fourth-order valence-corrected chi connectivity index (χ4v) is 7.32. The van der Waals surface area contributed by atoms with E-state index in [0.29, 0.717) is 38.2 Å². The van der Waals surface area contributed by atoms with Crippen molar-refractivity contribution in [3.05, 3.63) is 0 Å². The highest BCUT2D eigenvalue weighted by Crippen LogP contribution is 2.56. The lowest BCUT2D eigenvalue weighted by atomic mass is 9.97. The number of aliphatic hydroxyl groups is 3. The lowest BCUT2D eigenvalue weighted by molar-refractivity contribution is -0.270. The summed E-state index contributed by atoms with van der Waals surface area (Å²) >= 11 is 0. The Balaban J connectivity index is 1.69. The van der Waals surface area contributed by atoms with Gasteiger partial charge >= 0.3 is 7.75 Å². The number of guanidine groups is 1. The molecule has 280 valence electrons. The van der Waals surface area contributed by atoms with E-state index in [2.05, 4.69) is 20.3 Å². The van der Waals surface area contributed by atoms with Gasteiger partial charge in [0.25, 0.3) is 0 Å². The van der Waals surface area contributed by atoms with Crippen LogP contribution in [0.2, 0.25) is 0 Å². The number of hydrogen-bond donors (Lipinski definition) is 5. The van der Waals surface area contributed by atoms with Crippen molar-refractivity contribution in [2.75, 3.05) is 46.4 Å². The van der Waals surface area contributed by atoms with E-state index in [1.807, 2.05) is 53.5 Å². The molecule has 48 heavy (non-hydrogen) atoms. The Morgan fingerprint density at radius 3 is 2.33 bits per heavy atom. The molecule has 2 aliphatic heterocycles. The maximum atomic E-state index is 13.8. The second-order valence-electron chi connectivity index (χ2n) is 14.2. The van der Waals surface area contributed by atoms with Gasteiger partial charge in [0, 0.05) is 53.2 Å². The van der Waals surface area contributed by atoms with Gasteiger partial charge in [-0.25, -0.2) is 4.57 Å². The van der Waals surface area contributed by atoms with Gasteiger partial charge in [0.2, 0.25) is 17.8 Å². The molecule has 0 spiro atoms. The van der Waals surface area contributed by atoms with Crippen LogP contribution >= 0.6 is 7.75 Å². The van der Waals surface area contributed by atoms with Crippen molar-refractivity contribution in [2.45, 2.75) is 142 Å². The summed E-state index contributed by atoms with van der Waals surface area (Å²) in [5.41, 5.74) is -1.34. The van der Waals surface area contributed by atoms with Crippen LogP contribution in [0.1, 0.15) is 99.8 Å². The van der Waals surface area contributed by atoms with Gasteiger partial charge in [-0.15, -0.1) is 4.76 Å². The maximum absolute atomic E-state index is 13.8. The Bertz CT molecular complexity index is 1090. The van der Waals surface area contributed by atoms with Crippen LogP contribution in [0.5, 0.6) is 0 Å². The average molecular weight is 708 g/mol. The number of ether oxygens (including phenoxy) is 2. The van der Waals surface area contributed by atoms with E-state index in [0.717, 1.165) is 45.3 Å². The standard InChI is InChI=1S/C32H62N5O10P/c1-9-32(6,7)47-48(43,46-31(3,4)5)35-30-36(8)19-20-37(30)18-14-11-10-13-17-33-25(40)16-12-15-21-44-29-26(34-23(2)39)28(42)27(41)24(22-38)45-29/h24,26-29,38,41-42H,9-22H2,1-8H3,(H,33,40)(H,34,39)/b35-30+. The van der Waals surface area contributed by atoms with Crippen molar-refractivity contribution in [1.82, 2.24) is 20.4 Å². The molecule has 2 aliphatic rings. The number of carbonyl (C=O) groups excluding carboxylic acids is 2. The lowest BCUT2D eigenvalue weighted by Gasteiger charge is -2.42. The highest BCUT2D eigenvalue weighted by molar-refractivity contribution is 7.52. The van der Waals surface area contributed by atoms with Crippen molar-refractivity contribution in [1.29, 1.82) is 0 Å². The van der Waals surface area contributed by atoms with Gasteiger partial charge in [0.15, 0.2) is 6.29 Å². The van der Waals surface area contributed by atoms with Crippen molar-refractivity contribution < 1.29 is 48.0 Å². The number of amides is 2. The van der Waals surface area contributed by atoms with E-state index >= 15 is 0 Å². The van der Waals surface area contributed by atoms with Crippen molar-refractivity contribution in [2.24, 2.45) is 4.76 Å². The predicted molar refractivity (Wildman–Crippen MR) is 182 cm³/mol. The minimum atomic E-state index is -3.79. The minimum Gasteiger partial charge on any atom is -0.394 e. The highest BCUT2D eigenvalue weighted by Gasteiger charge is 2.45. The van der Waals surface area contributed by atoms with E-state index in [1.165, 1.54) is 6.92 Å². The fourth-order valence-electron chi connectivity index (χ4n) is 5.25. The van der Waals surface area contributed by atoms with Crippen LogP contribution in [-0.4, -0.2) is 131 Å². The molecule has 2 saturated heterocycles. The van der Waals surface area contributed by atoms with E-state index in [-0.39, 0.29) is 12.5 Å². The quantitative estimate of drug-likeness (QED) is 0.0920. The Hall–Kier alpha value is -1.84. The molecular formula is C32H62N5O10P. The zero-order chi connectivity index (χ0) is 36.1. The third-order valence-electron chi connectivity index (χ3n) is 8.15. The number of unbranched alkanes of at least 4 members (excludes halogenated alkanes) is 4. The molecule has 5 N–H and O–H groups in total. The van der Waals surface area contributed by atoms with Gasteiger partial charge in [0.05, 0.1) is 17.8 Å². The van der Waals surface area contributed by atoms with Gasteiger partial charge in [-0.2, -0.15) is 0 Å². The maximum Gasteiger partial charge on any atom is 0.458 e. The molecule has 0 aromatic rings. The van der Waals surface area contributed by atoms with E-state index in [9.17, 15) is 29.5 Å². The number of hydrogen-bond acceptors (Lipinski definition) is 10. The van der Waals surface area contributed by atoms with Gasteiger partial charge in [-0.1, -0.05) is 19.8 Å². The molecular weight excluding hydrogens is 645 g/mol. The van der Waals surface area contributed by atoms with Crippen LogP contribution < -0.4 is 10.6 Å². The minimum absolute atomic E-state index is 0.0461. The molecule has 0 saturated carbocycles. The number of aliphatic hydroxyl groups excluding tert-OH is 3. The van der Waals surface area contributed by atoms with Crippen molar-refractivity contribution >= 4 is 25.5 Å². The molecule has 2 fully saturated rings. The van der Waals surface area contributed by atoms with Crippen LogP contribution in [0.25, 0.3) is 0 Å². The monoisotopic (exact) mass is 707 g/mol. The summed E-state index contributed by atoms with van der Waals surface area (Å²) in [6, 6.07) is -0.986. The van der Waals surface area contributed by atoms with Gasteiger partial charge in [-0.05, 0) is 66.7 Å². The third-order valence-corrected chi connectivity index (χ3v) is 10.1. The molecule has 0 radical (unpaired) electrons. The summed E-state index contributed by atoms with van der Waals surface area (Å²) in [4.78, 5) is 27.9. The summed E-state index contributed by atoms with van der Waals surface area (Å²) in [7, 11) is -1.86. The van der Waals surface area contributed by atoms with Gasteiger partial charge < -0.3 is 45.2 Å². The molecule has 0 aromatic heterocycles. The largest absolute Gasteiger partial charge is 0.458 e. The summed E-state index contributed by atoms with van der Waals surface area (Å²) in [6.45, 7) is 15.1. The number of rotatable bonds is 20. The smallest absolute Gasteiger partial charge is 0.394 e. The molecule has 2 heterocycles. The molecule has 2 amide bonds. The third kappa shape index (κ3) is 14.6. The number of likely N-dealkylation sites (N-methyl/N-ethyl adjacent to an activating group) is 1. The van der Waals surface area contributed by atoms with Crippen LogP contribution in [0.3, 0.4) is 0 Å². The fraction of sp³-hybridized carbons (Fsp3) is 0.906. The lowest BCUT2D eigenvalue weighted by Crippen LogP contribution is -2.64. The summed E-state index contributed by atoms with van der Waals surface area (Å²) < 4.78 is 41.6. The van der Waals surface area contributed by atoms with Gasteiger partial charge in [0.1, 0.15) is 24.4 Å². The molecule has 2 rings (SSSR count). The first kappa shape index (κ1) is 42.3. The second kappa shape index (κ2) is 19.5. The zero-order valence-corrected chi connectivity index (χ0v) is 31.2. The van der Waals surface area contributed by atoms with Crippen LogP contribution in [0, 0.1) is 0 Å². The molecule has 15 nitrogen and oxygen atoms in total. The first-order valence-corrected chi connectivity index (χ1v) is 18.8. The van der Waals surface area contributed by atoms with Gasteiger partial charge in [-0.3, -0.25) is 18.6 Å².